The molecule has 0 aromatic heterocycles. The Balaban J connectivity index is 0.00000297. The Morgan fingerprint density at radius 2 is 1.81 bits per heavy atom. The lowest BCUT2D eigenvalue weighted by atomic mass is 9.75. The molecule has 3 heterocycles. The molecule has 0 spiro atoms. The van der Waals surface area contributed by atoms with Crippen LogP contribution >= 0.6 is 11.6 Å². The molecule has 3 amide bonds. The second-order valence-electron chi connectivity index (χ2n) is 12.1. The third-order valence-electron chi connectivity index (χ3n) is 9.03. The van der Waals surface area contributed by atoms with Gasteiger partial charge in [-0.1, -0.05) is 38.4 Å². The van der Waals surface area contributed by atoms with Gasteiger partial charge in [0.1, 0.15) is 24.7 Å². The molecule has 4 aliphatic rings. The van der Waals surface area contributed by atoms with E-state index in [1.54, 1.807) is 17.9 Å². The van der Waals surface area contributed by atoms with E-state index in [9.17, 15) is 32.1 Å². The monoisotopic (exact) mass is 765 g/mol. The number of aliphatic imine (C=N–C) groups is 1. The average Bonchev–Trinajstić information content (AvgIpc) is 3.17. The number of hydrazine groups is 1. The molecule has 2 fully saturated rings. The fourth-order valence-electron chi connectivity index (χ4n) is 6.00. The van der Waals surface area contributed by atoms with E-state index < -0.39 is 47.5 Å². The van der Waals surface area contributed by atoms with Crippen LogP contribution in [0.15, 0.2) is 46.2 Å². The van der Waals surface area contributed by atoms with Crippen LogP contribution < -0.4 is 16.1 Å². The minimum Gasteiger partial charge on any atom is -0.377 e. The number of allylic oxidation sites excluding steroid dienone is 1. The molecule has 0 unspecified atom stereocenters. The van der Waals surface area contributed by atoms with Gasteiger partial charge in [-0.05, 0) is 60.4 Å². The highest BCUT2D eigenvalue weighted by Crippen LogP contribution is 2.48. The number of anilines is 1. The smallest absolute Gasteiger partial charge is 0.377 e. The van der Waals surface area contributed by atoms with Crippen LogP contribution in [0.4, 0.5) is 32.2 Å². The molecule has 1 saturated carbocycles. The van der Waals surface area contributed by atoms with Crippen LogP contribution in [0.1, 0.15) is 58.4 Å². The van der Waals surface area contributed by atoms with Crippen molar-refractivity contribution in [2.75, 3.05) is 57.9 Å². The fraction of sp³-hybridized carbons (Fsp3) is 0.576. The Kier molecular flexibility index (Phi) is 13.5. The number of benzene rings is 1. The zero-order valence-corrected chi connectivity index (χ0v) is 29.7. The molecule has 1 aliphatic carbocycles. The fourth-order valence-corrected chi connectivity index (χ4v) is 6.23. The molecule has 52 heavy (non-hydrogen) atoms. The van der Waals surface area contributed by atoms with Crippen LogP contribution in [-0.4, -0.2) is 102 Å². The van der Waals surface area contributed by atoms with Gasteiger partial charge >= 0.3 is 12.1 Å². The molecule has 0 atom stereocenters. The number of carbonyl (C=O) groups is 3. The molecule has 5 rings (SSSR count). The summed E-state index contributed by atoms with van der Waals surface area (Å²) in [5.74, 6) is -6.92. The molecule has 0 bridgehead atoms. The van der Waals surface area contributed by atoms with E-state index in [0.29, 0.717) is 36.8 Å². The first kappa shape index (κ1) is 40.7. The second-order valence-corrected chi connectivity index (χ2v) is 12.5. The van der Waals surface area contributed by atoms with E-state index in [2.05, 4.69) is 26.0 Å². The number of carbonyl (C=O) groups excluding carboxylic acids is 3. The van der Waals surface area contributed by atoms with Gasteiger partial charge in [0.2, 0.25) is 5.91 Å². The number of hydrogen-bond acceptors (Lipinski definition) is 9. The Hall–Kier alpha value is -4.03. The molecule has 0 radical (unpaired) electrons. The van der Waals surface area contributed by atoms with Crippen molar-refractivity contribution in [3.05, 3.63) is 51.8 Å². The number of piperazine rings is 1. The standard InChI is InChI=1S/C31H36ClF6N7O5.C2H6/c1-2-22-25(43-10-12-44(13-11-43)28(48)30(33,34)29(50-38)8-3-9-29)27(47)45(42-26(40-18-39-22)19-6-14-49-15-7-19)17-24(46)41-23-5-4-20(16-21(23)32)31(35,36)37;1-2/h4-6,16,39H,2-3,7-15,17-18H2,1H3,(H,40,42)(H,41,46);1-2H3/b25-22+;. The van der Waals surface area contributed by atoms with Crippen molar-refractivity contribution >= 4 is 40.8 Å². The number of amides is 3. The first-order chi connectivity index (χ1) is 24.7. The molecule has 3 aliphatic heterocycles. The zero-order valence-electron chi connectivity index (χ0n) is 29.0. The van der Waals surface area contributed by atoms with Gasteiger partial charge in [0.05, 0.1) is 29.5 Å². The van der Waals surface area contributed by atoms with Crippen molar-refractivity contribution in [2.24, 2.45) is 4.99 Å². The van der Waals surface area contributed by atoms with Gasteiger partial charge in [0, 0.05) is 31.9 Å². The first-order valence-corrected chi connectivity index (χ1v) is 17.3. The first-order valence-electron chi connectivity index (χ1n) is 17.0. The number of nitrogens with zero attached hydrogens (tertiary/aromatic N) is 4. The lowest BCUT2D eigenvalue weighted by Gasteiger charge is -2.45. The highest BCUT2D eigenvalue weighted by Gasteiger charge is 2.65. The predicted octanol–water partition coefficient (Wildman–Crippen LogP) is 5.19. The molecular weight excluding hydrogens is 724 g/mol. The summed E-state index contributed by atoms with van der Waals surface area (Å²) in [6, 6.07) is 2.42. The number of halogens is 7. The normalized spacial score (nSPS) is 22.1. The van der Waals surface area contributed by atoms with E-state index in [1.807, 2.05) is 13.8 Å². The maximum Gasteiger partial charge on any atom is 0.416 e. The van der Waals surface area contributed by atoms with E-state index in [1.165, 1.54) is 0 Å². The minimum atomic E-state index is -4.66. The molecule has 1 aromatic carbocycles. The van der Waals surface area contributed by atoms with Crippen molar-refractivity contribution in [3.63, 3.8) is 0 Å². The van der Waals surface area contributed by atoms with Gasteiger partial charge in [-0.25, -0.2) is 10.0 Å². The van der Waals surface area contributed by atoms with Gasteiger partial charge in [-0.2, -0.15) is 26.9 Å². The summed E-state index contributed by atoms with van der Waals surface area (Å²) in [4.78, 5) is 51.3. The molecule has 1 aromatic rings. The second kappa shape index (κ2) is 17.2. The number of ether oxygens (including phenoxy) is 1. The number of rotatable bonds is 9. The van der Waals surface area contributed by atoms with Crippen LogP contribution in [0.3, 0.4) is 0 Å². The third kappa shape index (κ3) is 8.77. The zero-order chi connectivity index (χ0) is 38.3. The molecular formula is C33H42ClF6N7O5. The van der Waals surface area contributed by atoms with Crippen LogP contribution in [-0.2, 0) is 30.2 Å². The maximum atomic E-state index is 15.1. The summed E-state index contributed by atoms with van der Waals surface area (Å²) in [7, 11) is 0. The van der Waals surface area contributed by atoms with E-state index >= 15 is 8.78 Å². The van der Waals surface area contributed by atoms with Crippen molar-refractivity contribution in [1.82, 2.24) is 25.6 Å². The quantitative estimate of drug-likeness (QED) is 0.294. The van der Waals surface area contributed by atoms with Gasteiger partial charge < -0.3 is 25.2 Å². The summed E-state index contributed by atoms with van der Waals surface area (Å²) in [5, 5.41) is 6.19. The lowest BCUT2D eigenvalue weighted by Crippen LogP contribution is -2.64. The van der Waals surface area contributed by atoms with Crippen molar-refractivity contribution in [2.45, 2.75) is 70.6 Å². The lowest BCUT2D eigenvalue weighted by molar-refractivity contribution is -0.331. The van der Waals surface area contributed by atoms with Crippen molar-refractivity contribution in [3.8, 4) is 0 Å². The maximum absolute atomic E-state index is 15.1. The summed E-state index contributed by atoms with van der Waals surface area (Å²) in [5.41, 5.74) is 0.510. The molecule has 12 nitrogen and oxygen atoms in total. The average molecular weight is 766 g/mol. The highest BCUT2D eigenvalue weighted by molar-refractivity contribution is 6.33. The van der Waals surface area contributed by atoms with Gasteiger partial charge in [-0.3, -0.25) is 19.8 Å². The molecule has 3 N–H and O–H groups in total. The predicted molar refractivity (Wildman–Crippen MR) is 179 cm³/mol. The van der Waals surface area contributed by atoms with Crippen LogP contribution in [0.25, 0.3) is 0 Å². The SMILES string of the molecule is CC.CC/C1=C(\N2CCN(C(=O)C(F)(F)C3(OF)CCC3)CC2)C(=O)N(CC(=O)Nc2ccc(C(F)(F)F)cc2Cl)N/C(C2=CCOCC2)=N\CN1. The number of amidine groups is 1. The molecule has 1 saturated heterocycles. The highest BCUT2D eigenvalue weighted by atomic mass is 35.5. The third-order valence-corrected chi connectivity index (χ3v) is 9.34. The minimum absolute atomic E-state index is 0.0116. The van der Waals surface area contributed by atoms with Crippen molar-refractivity contribution < 1.29 is 50.5 Å². The van der Waals surface area contributed by atoms with E-state index in [-0.39, 0.29) is 81.0 Å². The van der Waals surface area contributed by atoms with Gasteiger partial charge in [0.25, 0.3) is 11.8 Å². The molecule has 288 valence electrons. The Labute approximate surface area is 302 Å². The summed E-state index contributed by atoms with van der Waals surface area (Å²) in [6.07, 6.45) is -2.47. The van der Waals surface area contributed by atoms with E-state index in [4.69, 9.17) is 16.3 Å². The molecule has 19 heteroatoms. The van der Waals surface area contributed by atoms with Crippen LogP contribution in [0.5, 0.6) is 0 Å². The number of alkyl halides is 5. The number of nitrogens with one attached hydrogen (secondary N) is 3. The summed E-state index contributed by atoms with van der Waals surface area (Å²) >= 11 is 6.04. The number of hydrogen-bond donors (Lipinski definition) is 3. The van der Waals surface area contributed by atoms with Crippen molar-refractivity contribution in [1.29, 1.82) is 0 Å². The Morgan fingerprint density at radius 3 is 2.35 bits per heavy atom. The largest absolute Gasteiger partial charge is 0.416 e. The summed E-state index contributed by atoms with van der Waals surface area (Å²) in [6.45, 7) is 5.22. The Morgan fingerprint density at radius 1 is 1.12 bits per heavy atom. The van der Waals surface area contributed by atoms with Crippen LogP contribution in [0, 0.1) is 0 Å². The van der Waals surface area contributed by atoms with Gasteiger partial charge in [0.15, 0.2) is 5.60 Å². The van der Waals surface area contributed by atoms with E-state index in [0.717, 1.165) is 22.0 Å². The summed E-state index contributed by atoms with van der Waals surface area (Å²) < 4.78 is 88.3. The van der Waals surface area contributed by atoms with Crippen LogP contribution in [0.2, 0.25) is 5.02 Å². The Bertz CT molecular complexity index is 1570. The van der Waals surface area contributed by atoms with Gasteiger partial charge in [-0.15, -0.1) is 0 Å². The topological polar surface area (TPSA) is 128 Å².